The summed E-state index contributed by atoms with van der Waals surface area (Å²) in [7, 11) is 0. The van der Waals surface area contributed by atoms with E-state index in [0.717, 1.165) is 21.2 Å². The summed E-state index contributed by atoms with van der Waals surface area (Å²) in [6.45, 7) is 0. The molecule has 8 heteroatoms. The van der Waals surface area contributed by atoms with Crippen LogP contribution in [0.3, 0.4) is 0 Å². The first-order chi connectivity index (χ1) is 12.0. The van der Waals surface area contributed by atoms with Gasteiger partial charge in [-0.25, -0.2) is 15.0 Å². The predicted octanol–water partition coefficient (Wildman–Crippen LogP) is 6.07. The van der Waals surface area contributed by atoms with Gasteiger partial charge >= 0.3 is 0 Å². The van der Waals surface area contributed by atoms with E-state index in [9.17, 15) is 0 Å². The lowest BCUT2D eigenvalue weighted by molar-refractivity contribution is 1.19. The number of rotatable bonds is 2. The van der Waals surface area contributed by atoms with E-state index in [-0.39, 0.29) is 0 Å². The van der Waals surface area contributed by atoms with Crippen molar-refractivity contribution in [2.75, 3.05) is 5.73 Å². The first-order valence-corrected chi connectivity index (χ1v) is 9.52. The van der Waals surface area contributed by atoms with Gasteiger partial charge in [0.25, 0.3) is 0 Å². The van der Waals surface area contributed by atoms with Gasteiger partial charge in [-0.3, -0.25) is 0 Å². The summed E-state index contributed by atoms with van der Waals surface area (Å²) in [4.78, 5) is 13.0. The van der Waals surface area contributed by atoms with Crippen molar-refractivity contribution in [2.45, 2.75) is 0 Å². The molecule has 2 N–H and O–H groups in total. The highest BCUT2D eigenvalue weighted by Crippen LogP contribution is 2.40. The minimum absolute atomic E-state index is 0.383. The molecule has 0 saturated heterocycles. The number of hydrogen-bond acceptors (Lipinski definition) is 5. The molecule has 25 heavy (non-hydrogen) atoms. The predicted molar refractivity (Wildman–Crippen MR) is 108 cm³/mol. The Morgan fingerprint density at radius 1 is 1.04 bits per heavy atom. The van der Waals surface area contributed by atoms with E-state index in [1.165, 1.54) is 17.7 Å². The van der Waals surface area contributed by atoms with Crippen LogP contribution in [-0.2, 0) is 0 Å². The second kappa shape index (κ2) is 6.53. The third kappa shape index (κ3) is 3.11. The van der Waals surface area contributed by atoms with E-state index in [1.807, 2.05) is 30.3 Å². The molecule has 0 radical (unpaired) electrons. The number of aromatic nitrogens is 3. The maximum atomic E-state index is 6.31. The Labute approximate surface area is 165 Å². The van der Waals surface area contributed by atoms with Crippen LogP contribution in [0.25, 0.3) is 33.4 Å². The SMILES string of the molecule is Nc1ncnc2nc(-c3cc(Cl)sc3Cl)cc(-c3cccc(Br)c3)c12. The molecule has 0 saturated carbocycles. The van der Waals surface area contributed by atoms with E-state index in [4.69, 9.17) is 28.9 Å². The molecule has 4 rings (SSSR count). The number of nitrogens with two attached hydrogens (primary N) is 1. The minimum atomic E-state index is 0.383. The summed E-state index contributed by atoms with van der Waals surface area (Å²) in [5.41, 5.74) is 9.94. The van der Waals surface area contributed by atoms with Gasteiger partial charge in [-0.1, -0.05) is 51.3 Å². The van der Waals surface area contributed by atoms with Crippen molar-refractivity contribution in [3.8, 4) is 22.4 Å². The Balaban J connectivity index is 2.07. The molecule has 4 aromatic rings. The van der Waals surface area contributed by atoms with Crippen molar-refractivity contribution in [1.82, 2.24) is 15.0 Å². The largest absolute Gasteiger partial charge is 0.383 e. The molecule has 0 aliphatic heterocycles. The van der Waals surface area contributed by atoms with Crippen LogP contribution in [0, 0.1) is 0 Å². The monoisotopic (exact) mass is 450 g/mol. The Kier molecular flexibility index (Phi) is 4.37. The lowest BCUT2D eigenvalue weighted by Gasteiger charge is -2.11. The van der Waals surface area contributed by atoms with Gasteiger partial charge in [-0.15, -0.1) is 11.3 Å². The van der Waals surface area contributed by atoms with E-state index < -0.39 is 0 Å². The number of nitrogen functional groups attached to an aromatic ring is 1. The zero-order valence-corrected chi connectivity index (χ0v) is 16.4. The number of halogens is 3. The van der Waals surface area contributed by atoms with Gasteiger partial charge in [0, 0.05) is 10.0 Å². The summed E-state index contributed by atoms with van der Waals surface area (Å²) in [5.74, 6) is 0.383. The zero-order chi connectivity index (χ0) is 17.6. The molecule has 0 atom stereocenters. The first-order valence-electron chi connectivity index (χ1n) is 7.15. The molecule has 0 amide bonds. The van der Waals surface area contributed by atoms with Crippen molar-refractivity contribution < 1.29 is 0 Å². The molecule has 0 aliphatic carbocycles. The van der Waals surface area contributed by atoms with Crippen molar-refractivity contribution in [2.24, 2.45) is 0 Å². The lowest BCUT2D eigenvalue weighted by Crippen LogP contribution is -1.98. The molecule has 1 aromatic carbocycles. The number of nitrogens with zero attached hydrogens (tertiary/aromatic N) is 3. The van der Waals surface area contributed by atoms with Gasteiger partial charge in [0.1, 0.15) is 16.5 Å². The van der Waals surface area contributed by atoms with E-state index in [2.05, 4.69) is 30.9 Å². The molecule has 4 nitrogen and oxygen atoms in total. The lowest BCUT2D eigenvalue weighted by atomic mass is 10.0. The normalized spacial score (nSPS) is 11.2. The third-order valence-electron chi connectivity index (χ3n) is 3.70. The van der Waals surface area contributed by atoms with Gasteiger partial charge in [-0.05, 0) is 35.4 Å². The van der Waals surface area contributed by atoms with Crippen LogP contribution < -0.4 is 5.73 Å². The molecule has 0 unspecified atom stereocenters. The van der Waals surface area contributed by atoms with Crippen molar-refractivity contribution >= 4 is 67.3 Å². The average Bonchev–Trinajstić information content (AvgIpc) is 2.92. The van der Waals surface area contributed by atoms with Crippen molar-refractivity contribution in [3.05, 3.63) is 55.9 Å². The fourth-order valence-electron chi connectivity index (χ4n) is 2.62. The van der Waals surface area contributed by atoms with Crippen molar-refractivity contribution in [1.29, 1.82) is 0 Å². The summed E-state index contributed by atoms with van der Waals surface area (Å²) >= 11 is 17.2. The van der Waals surface area contributed by atoms with Crippen LogP contribution in [-0.4, -0.2) is 15.0 Å². The van der Waals surface area contributed by atoms with Crippen molar-refractivity contribution in [3.63, 3.8) is 0 Å². The first kappa shape index (κ1) is 16.7. The number of anilines is 1. The number of pyridine rings is 1. The molecule has 3 aromatic heterocycles. The van der Waals surface area contributed by atoms with Gasteiger partial charge in [-0.2, -0.15) is 0 Å². The second-order valence-corrected chi connectivity index (χ2v) is 8.46. The van der Waals surface area contributed by atoms with Crippen LogP contribution in [0.4, 0.5) is 5.82 Å². The highest BCUT2D eigenvalue weighted by molar-refractivity contribution is 9.10. The highest BCUT2D eigenvalue weighted by atomic mass is 79.9. The van der Waals surface area contributed by atoms with E-state index >= 15 is 0 Å². The number of thiophene rings is 1. The van der Waals surface area contributed by atoms with Gasteiger partial charge < -0.3 is 5.73 Å². The Morgan fingerprint density at radius 2 is 1.88 bits per heavy atom. The average molecular weight is 452 g/mol. The minimum Gasteiger partial charge on any atom is -0.383 e. The molecular formula is C17H9BrCl2N4S. The third-order valence-corrected chi connectivity index (χ3v) is 5.68. The summed E-state index contributed by atoms with van der Waals surface area (Å²) in [5, 5.41) is 0.710. The number of fused-ring (bicyclic) bond motifs is 1. The van der Waals surface area contributed by atoms with E-state index in [0.29, 0.717) is 31.2 Å². The fraction of sp³-hybridized carbons (Fsp3) is 0. The summed E-state index contributed by atoms with van der Waals surface area (Å²) in [6.07, 6.45) is 1.40. The van der Waals surface area contributed by atoms with Crippen LogP contribution in [0.2, 0.25) is 8.67 Å². The standard InChI is InChI=1S/C17H9BrCl2N4S/c18-9-3-1-2-8(4-9)10-5-12(11-6-13(19)25-15(11)20)24-17-14(10)16(21)22-7-23-17/h1-7H,(H2,21,22,23,24). The smallest absolute Gasteiger partial charge is 0.165 e. The van der Waals surface area contributed by atoms with Crippen LogP contribution >= 0.6 is 50.5 Å². The Hall–Kier alpha value is -1.73. The van der Waals surface area contributed by atoms with Crippen LogP contribution in [0.5, 0.6) is 0 Å². The van der Waals surface area contributed by atoms with Crippen LogP contribution in [0.15, 0.2) is 47.2 Å². The van der Waals surface area contributed by atoms with Gasteiger partial charge in [0.15, 0.2) is 5.65 Å². The van der Waals surface area contributed by atoms with Gasteiger partial charge in [0.05, 0.1) is 15.4 Å². The number of hydrogen-bond donors (Lipinski definition) is 1. The zero-order valence-electron chi connectivity index (χ0n) is 12.5. The molecule has 0 aliphatic rings. The highest BCUT2D eigenvalue weighted by Gasteiger charge is 2.16. The molecule has 0 spiro atoms. The Morgan fingerprint density at radius 3 is 2.60 bits per heavy atom. The Bertz CT molecular complexity index is 1110. The molecule has 124 valence electrons. The van der Waals surface area contributed by atoms with Crippen LogP contribution in [0.1, 0.15) is 0 Å². The molecule has 0 fully saturated rings. The molecule has 3 heterocycles. The summed E-state index contributed by atoms with van der Waals surface area (Å²) < 4.78 is 2.15. The van der Waals surface area contributed by atoms with Gasteiger partial charge in [0.2, 0.25) is 0 Å². The molecular weight excluding hydrogens is 443 g/mol. The fourth-order valence-corrected chi connectivity index (χ4v) is 4.50. The number of benzene rings is 1. The quantitative estimate of drug-likeness (QED) is 0.401. The van der Waals surface area contributed by atoms with E-state index in [1.54, 1.807) is 6.07 Å². The maximum absolute atomic E-state index is 6.31. The summed E-state index contributed by atoms with van der Waals surface area (Å²) in [6, 6.07) is 11.7. The maximum Gasteiger partial charge on any atom is 0.165 e. The molecule has 0 bridgehead atoms. The second-order valence-electron chi connectivity index (χ2n) is 5.26. The topological polar surface area (TPSA) is 64.7 Å².